The number of aliphatic carboxylic acids is 1. The first-order valence-electron chi connectivity index (χ1n) is 5.44. The zero-order chi connectivity index (χ0) is 10.8. The lowest BCUT2D eigenvalue weighted by Crippen LogP contribution is -2.43. The first kappa shape index (κ1) is 10.4. The van der Waals surface area contributed by atoms with Crippen molar-refractivity contribution in [3.8, 4) is 0 Å². The average molecular weight is 212 g/mol. The summed E-state index contributed by atoms with van der Waals surface area (Å²) in [5.41, 5.74) is 0. The molecule has 15 heavy (non-hydrogen) atoms. The lowest BCUT2D eigenvalue weighted by Gasteiger charge is -2.24. The highest BCUT2D eigenvalue weighted by molar-refractivity contribution is 5.86. The molecule has 0 aromatic heterocycles. The third-order valence-corrected chi connectivity index (χ3v) is 3.23. The lowest BCUT2D eigenvalue weighted by atomic mass is 10.1. The molecule has 2 rings (SSSR count). The van der Waals surface area contributed by atoms with Crippen molar-refractivity contribution in [1.82, 2.24) is 10.2 Å². The number of carbonyl (C=O) groups excluding carboxylic acids is 1. The van der Waals surface area contributed by atoms with Crippen molar-refractivity contribution in [3.63, 3.8) is 0 Å². The number of carboxylic acid groups (broad SMARTS) is 1. The highest BCUT2D eigenvalue weighted by Gasteiger charge is 2.37. The summed E-state index contributed by atoms with van der Waals surface area (Å²) < 4.78 is 0. The second-order valence-corrected chi connectivity index (χ2v) is 4.22. The average Bonchev–Trinajstić information content (AvgIpc) is 2.88. The molecule has 0 spiro atoms. The Balaban J connectivity index is 2.02. The van der Waals surface area contributed by atoms with E-state index in [1.807, 2.05) is 0 Å². The number of rotatable bonds is 2. The van der Waals surface area contributed by atoms with Crippen LogP contribution in [-0.2, 0) is 9.59 Å². The van der Waals surface area contributed by atoms with Crippen LogP contribution in [0.15, 0.2) is 0 Å². The summed E-state index contributed by atoms with van der Waals surface area (Å²) in [4.78, 5) is 24.4. The molecule has 2 N–H and O–H groups in total. The van der Waals surface area contributed by atoms with Crippen molar-refractivity contribution in [2.45, 2.75) is 25.3 Å². The molecular weight excluding hydrogens is 196 g/mol. The largest absolute Gasteiger partial charge is 0.480 e. The standard InChI is InChI=1S/C10H16N2O3/c13-9(7-3-4-11-6-7)12-5-1-2-8(12)10(14)15/h7-8,11H,1-6H2,(H,14,15)/t7?,8-/m1/s1. The summed E-state index contributed by atoms with van der Waals surface area (Å²) >= 11 is 0. The van der Waals surface area contributed by atoms with E-state index in [-0.39, 0.29) is 11.8 Å². The summed E-state index contributed by atoms with van der Waals surface area (Å²) in [5, 5.41) is 12.1. The monoisotopic (exact) mass is 212 g/mol. The van der Waals surface area contributed by atoms with E-state index in [9.17, 15) is 9.59 Å². The third kappa shape index (κ3) is 1.97. The predicted octanol–water partition coefficient (Wildman–Crippen LogP) is -0.329. The van der Waals surface area contributed by atoms with Gasteiger partial charge in [0.15, 0.2) is 0 Å². The number of nitrogens with zero attached hydrogens (tertiary/aromatic N) is 1. The maximum atomic E-state index is 12.0. The molecule has 2 heterocycles. The Morgan fingerprint density at radius 2 is 2.13 bits per heavy atom. The molecule has 2 saturated heterocycles. The predicted molar refractivity (Wildman–Crippen MR) is 53.3 cm³/mol. The van der Waals surface area contributed by atoms with Crippen LogP contribution in [0.1, 0.15) is 19.3 Å². The number of carbonyl (C=O) groups is 2. The molecule has 2 fully saturated rings. The van der Waals surface area contributed by atoms with E-state index in [0.717, 1.165) is 19.4 Å². The van der Waals surface area contributed by atoms with Gasteiger partial charge in [-0.2, -0.15) is 0 Å². The van der Waals surface area contributed by atoms with Crippen molar-refractivity contribution < 1.29 is 14.7 Å². The van der Waals surface area contributed by atoms with Crippen LogP contribution in [0.5, 0.6) is 0 Å². The van der Waals surface area contributed by atoms with Crippen molar-refractivity contribution >= 4 is 11.9 Å². The Kier molecular flexibility index (Phi) is 2.90. The van der Waals surface area contributed by atoms with Crippen LogP contribution in [0, 0.1) is 5.92 Å². The molecule has 2 atom stereocenters. The molecule has 5 nitrogen and oxygen atoms in total. The van der Waals surface area contributed by atoms with Crippen molar-refractivity contribution in [1.29, 1.82) is 0 Å². The van der Waals surface area contributed by atoms with Gasteiger partial charge in [0, 0.05) is 13.1 Å². The lowest BCUT2D eigenvalue weighted by molar-refractivity contribution is -0.149. The number of hydrogen-bond donors (Lipinski definition) is 2. The van der Waals surface area contributed by atoms with Gasteiger partial charge in [0.2, 0.25) is 5.91 Å². The van der Waals surface area contributed by atoms with E-state index >= 15 is 0 Å². The fraction of sp³-hybridized carbons (Fsp3) is 0.800. The first-order valence-corrected chi connectivity index (χ1v) is 5.44. The molecule has 0 bridgehead atoms. The minimum absolute atomic E-state index is 0.00931. The van der Waals surface area contributed by atoms with Crippen LogP contribution in [0.25, 0.3) is 0 Å². The van der Waals surface area contributed by atoms with Crippen LogP contribution in [0.3, 0.4) is 0 Å². The van der Waals surface area contributed by atoms with Gasteiger partial charge in [-0.05, 0) is 25.8 Å². The number of nitrogens with one attached hydrogen (secondary N) is 1. The molecule has 0 saturated carbocycles. The Hall–Kier alpha value is -1.10. The van der Waals surface area contributed by atoms with Gasteiger partial charge >= 0.3 is 5.97 Å². The molecule has 0 aliphatic carbocycles. The Morgan fingerprint density at radius 3 is 2.73 bits per heavy atom. The van der Waals surface area contributed by atoms with Crippen LogP contribution in [-0.4, -0.2) is 47.6 Å². The summed E-state index contributed by atoms with van der Waals surface area (Å²) in [6, 6.07) is -0.585. The van der Waals surface area contributed by atoms with Gasteiger partial charge in [0.05, 0.1) is 5.92 Å². The molecule has 5 heteroatoms. The van der Waals surface area contributed by atoms with Gasteiger partial charge < -0.3 is 15.3 Å². The number of likely N-dealkylation sites (tertiary alicyclic amines) is 1. The number of hydrogen-bond acceptors (Lipinski definition) is 3. The van der Waals surface area contributed by atoms with E-state index in [1.165, 1.54) is 0 Å². The van der Waals surface area contributed by atoms with Gasteiger partial charge in [0.1, 0.15) is 6.04 Å². The van der Waals surface area contributed by atoms with Crippen LogP contribution in [0.4, 0.5) is 0 Å². The summed E-state index contributed by atoms with van der Waals surface area (Å²) in [6.07, 6.45) is 2.24. The highest BCUT2D eigenvalue weighted by Crippen LogP contribution is 2.22. The number of carboxylic acids is 1. The first-order chi connectivity index (χ1) is 7.20. The van der Waals surface area contributed by atoms with E-state index in [0.29, 0.717) is 19.5 Å². The van der Waals surface area contributed by atoms with E-state index in [1.54, 1.807) is 4.90 Å². The highest BCUT2D eigenvalue weighted by atomic mass is 16.4. The fourth-order valence-corrected chi connectivity index (χ4v) is 2.39. The Labute approximate surface area is 88.4 Å². The quantitative estimate of drug-likeness (QED) is 0.657. The van der Waals surface area contributed by atoms with E-state index < -0.39 is 12.0 Å². The molecular formula is C10H16N2O3. The summed E-state index contributed by atoms with van der Waals surface area (Å²) in [5.74, 6) is -0.860. The molecule has 2 aliphatic heterocycles. The topological polar surface area (TPSA) is 69.6 Å². The molecule has 2 aliphatic rings. The van der Waals surface area contributed by atoms with Gasteiger partial charge in [0.25, 0.3) is 0 Å². The van der Waals surface area contributed by atoms with Gasteiger partial charge in [-0.15, -0.1) is 0 Å². The van der Waals surface area contributed by atoms with Gasteiger partial charge in [-0.3, -0.25) is 4.79 Å². The third-order valence-electron chi connectivity index (χ3n) is 3.23. The van der Waals surface area contributed by atoms with Gasteiger partial charge in [-0.25, -0.2) is 4.79 Å². The van der Waals surface area contributed by atoms with Crippen molar-refractivity contribution in [2.75, 3.05) is 19.6 Å². The molecule has 0 aromatic carbocycles. The maximum absolute atomic E-state index is 12.0. The SMILES string of the molecule is O=C(O)[C@H]1CCCN1C(=O)C1CCNC1. The minimum atomic E-state index is -0.869. The summed E-state index contributed by atoms with van der Waals surface area (Å²) in [6.45, 7) is 2.16. The molecule has 0 radical (unpaired) electrons. The molecule has 1 amide bonds. The van der Waals surface area contributed by atoms with Gasteiger partial charge in [-0.1, -0.05) is 0 Å². The molecule has 84 valence electrons. The number of amides is 1. The summed E-state index contributed by atoms with van der Waals surface area (Å²) in [7, 11) is 0. The minimum Gasteiger partial charge on any atom is -0.480 e. The Bertz CT molecular complexity index is 274. The molecule has 1 unspecified atom stereocenters. The maximum Gasteiger partial charge on any atom is 0.326 e. The van der Waals surface area contributed by atoms with E-state index in [4.69, 9.17) is 5.11 Å². The van der Waals surface area contributed by atoms with Crippen LogP contribution < -0.4 is 5.32 Å². The normalized spacial score (nSPS) is 30.8. The van der Waals surface area contributed by atoms with Crippen LogP contribution >= 0.6 is 0 Å². The van der Waals surface area contributed by atoms with Crippen molar-refractivity contribution in [3.05, 3.63) is 0 Å². The molecule has 0 aromatic rings. The zero-order valence-electron chi connectivity index (χ0n) is 8.61. The second kappa shape index (κ2) is 4.18. The van der Waals surface area contributed by atoms with E-state index in [2.05, 4.69) is 5.32 Å². The second-order valence-electron chi connectivity index (χ2n) is 4.22. The zero-order valence-corrected chi connectivity index (χ0v) is 8.61. The smallest absolute Gasteiger partial charge is 0.326 e. The Morgan fingerprint density at radius 1 is 1.33 bits per heavy atom. The van der Waals surface area contributed by atoms with Crippen molar-refractivity contribution in [2.24, 2.45) is 5.92 Å². The van der Waals surface area contributed by atoms with Crippen LogP contribution in [0.2, 0.25) is 0 Å². The fourth-order valence-electron chi connectivity index (χ4n) is 2.39.